The van der Waals surface area contributed by atoms with E-state index < -0.39 is 39.1 Å². The number of nitrogens with zero attached hydrogens (tertiary/aromatic N) is 3. The summed E-state index contributed by atoms with van der Waals surface area (Å²) in [5.41, 5.74) is 0.176. The molecule has 3 rings (SSSR count). The SMILES string of the molecule is CCn1nc(COc2ccc(F)c(F)c2)cc1-c1cccc(C(C)(C)NS(=O)(=O)CC(F)(F)F)n1. The van der Waals surface area contributed by atoms with E-state index in [0.717, 1.165) is 12.1 Å². The Labute approximate surface area is 199 Å². The van der Waals surface area contributed by atoms with Crippen molar-refractivity contribution in [1.29, 1.82) is 0 Å². The average Bonchev–Trinajstić information content (AvgIpc) is 3.15. The summed E-state index contributed by atoms with van der Waals surface area (Å²) in [6.07, 6.45) is -4.89. The zero-order valence-corrected chi connectivity index (χ0v) is 19.8. The number of alkyl halides is 3. The van der Waals surface area contributed by atoms with Crippen molar-refractivity contribution in [1.82, 2.24) is 19.5 Å². The first-order valence-electron chi connectivity index (χ1n) is 10.4. The fourth-order valence-corrected chi connectivity index (χ4v) is 4.71. The predicted octanol–water partition coefficient (Wildman–Crippen LogP) is 4.54. The monoisotopic (exact) mass is 518 g/mol. The van der Waals surface area contributed by atoms with Gasteiger partial charge in [0, 0.05) is 12.6 Å². The maximum atomic E-state index is 13.4. The van der Waals surface area contributed by atoms with Crippen molar-refractivity contribution in [3.05, 3.63) is 65.5 Å². The molecule has 1 aromatic carbocycles. The molecule has 7 nitrogen and oxygen atoms in total. The van der Waals surface area contributed by atoms with Gasteiger partial charge in [-0.1, -0.05) is 6.07 Å². The molecular formula is C22H23F5N4O3S. The molecule has 1 N–H and O–H groups in total. The molecule has 0 atom stereocenters. The van der Waals surface area contributed by atoms with Crippen LogP contribution in [0.1, 0.15) is 32.2 Å². The number of halogens is 5. The maximum Gasteiger partial charge on any atom is 0.404 e. The Kier molecular flexibility index (Phi) is 7.50. The maximum absolute atomic E-state index is 13.4. The zero-order valence-electron chi connectivity index (χ0n) is 19.0. The van der Waals surface area contributed by atoms with Crippen LogP contribution in [0.25, 0.3) is 11.4 Å². The smallest absolute Gasteiger partial charge is 0.404 e. The van der Waals surface area contributed by atoms with E-state index in [1.807, 2.05) is 6.92 Å². The van der Waals surface area contributed by atoms with Gasteiger partial charge in [-0.2, -0.15) is 18.3 Å². The van der Waals surface area contributed by atoms with Crippen LogP contribution in [-0.4, -0.2) is 35.1 Å². The van der Waals surface area contributed by atoms with Crippen molar-refractivity contribution in [3.8, 4) is 17.1 Å². The van der Waals surface area contributed by atoms with Crippen LogP contribution in [0.2, 0.25) is 0 Å². The minimum absolute atomic E-state index is 0.0481. The van der Waals surface area contributed by atoms with Crippen LogP contribution in [0.3, 0.4) is 0 Å². The number of rotatable bonds is 9. The molecule has 0 aliphatic heterocycles. The molecule has 0 bridgehead atoms. The van der Waals surface area contributed by atoms with Crippen molar-refractivity contribution < 1.29 is 35.1 Å². The van der Waals surface area contributed by atoms with E-state index in [2.05, 4.69) is 14.8 Å². The standard InChI is InChI=1S/C22H23F5N4O3S/c1-4-31-19(10-14(29-31)12-34-15-8-9-16(23)17(24)11-15)18-6-5-7-20(28-18)21(2,3)30-35(32,33)13-22(25,26)27/h5-11,30H,4,12-13H2,1-3H3. The van der Waals surface area contributed by atoms with Gasteiger partial charge in [0.15, 0.2) is 17.4 Å². The van der Waals surface area contributed by atoms with Gasteiger partial charge < -0.3 is 4.74 Å². The van der Waals surface area contributed by atoms with E-state index in [1.54, 1.807) is 22.9 Å². The number of pyridine rings is 1. The third-order valence-electron chi connectivity index (χ3n) is 4.82. The van der Waals surface area contributed by atoms with Crippen LogP contribution in [0.4, 0.5) is 22.0 Å². The van der Waals surface area contributed by atoms with Crippen molar-refractivity contribution in [3.63, 3.8) is 0 Å². The number of nitrogens with one attached hydrogen (secondary N) is 1. The van der Waals surface area contributed by atoms with E-state index in [4.69, 9.17) is 4.74 Å². The summed E-state index contributed by atoms with van der Waals surface area (Å²) in [6, 6.07) is 9.55. The number of aromatic nitrogens is 3. The van der Waals surface area contributed by atoms with Crippen molar-refractivity contribution in [2.45, 2.75) is 45.6 Å². The van der Waals surface area contributed by atoms with Gasteiger partial charge >= 0.3 is 6.18 Å². The van der Waals surface area contributed by atoms with Crippen LogP contribution in [0.5, 0.6) is 5.75 Å². The first kappa shape index (κ1) is 26.5. The molecular weight excluding hydrogens is 495 g/mol. The summed E-state index contributed by atoms with van der Waals surface area (Å²) in [5, 5.41) is 4.40. The summed E-state index contributed by atoms with van der Waals surface area (Å²) in [6.45, 7) is 5.04. The Bertz CT molecular complexity index is 1310. The lowest BCUT2D eigenvalue weighted by Gasteiger charge is -2.26. The quantitative estimate of drug-likeness (QED) is 0.421. The molecule has 0 saturated heterocycles. The molecule has 2 aromatic heterocycles. The highest BCUT2D eigenvalue weighted by Gasteiger charge is 2.38. The Hall–Kier alpha value is -3.06. The molecule has 0 spiro atoms. The number of benzene rings is 1. The topological polar surface area (TPSA) is 86.1 Å². The molecule has 3 aromatic rings. The highest BCUT2D eigenvalue weighted by atomic mass is 32.2. The average molecular weight is 519 g/mol. The molecule has 0 fully saturated rings. The third kappa shape index (κ3) is 6.98. The third-order valence-corrected chi connectivity index (χ3v) is 6.35. The van der Waals surface area contributed by atoms with Gasteiger partial charge in [-0.3, -0.25) is 4.68 Å². The van der Waals surface area contributed by atoms with Gasteiger partial charge in [-0.25, -0.2) is 26.9 Å². The second-order valence-corrected chi connectivity index (χ2v) is 9.93. The molecule has 2 heterocycles. The molecule has 0 unspecified atom stereocenters. The summed E-state index contributed by atoms with van der Waals surface area (Å²) in [7, 11) is -4.67. The highest BCUT2D eigenvalue weighted by Crippen LogP contribution is 2.26. The minimum Gasteiger partial charge on any atom is -0.487 e. The molecule has 0 saturated carbocycles. The van der Waals surface area contributed by atoms with E-state index in [-0.39, 0.29) is 18.1 Å². The molecule has 0 amide bonds. The van der Waals surface area contributed by atoms with Crippen molar-refractivity contribution >= 4 is 10.0 Å². The summed E-state index contributed by atoms with van der Waals surface area (Å²) < 4.78 is 97.5. The van der Waals surface area contributed by atoms with E-state index >= 15 is 0 Å². The van der Waals surface area contributed by atoms with Gasteiger partial charge in [0.2, 0.25) is 10.0 Å². The number of aryl methyl sites for hydroxylation is 1. The van der Waals surface area contributed by atoms with Gasteiger partial charge in [-0.15, -0.1) is 0 Å². The van der Waals surface area contributed by atoms with E-state index in [0.29, 0.717) is 23.6 Å². The van der Waals surface area contributed by atoms with Crippen molar-refractivity contribution in [2.24, 2.45) is 0 Å². The van der Waals surface area contributed by atoms with Crippen LogP contribution in [0.15, 0.2) is 42.5 Å². The van der Waals surface area contributed by atoms with E-state index in [1.165, 1.54) is 26.0 Å². The molecule has 190 valence electrons. The Morgan fingerprint density at radius 1 is 1.06 bits per heavy atom. The van der Waals surface area contributed by atoms with Crippen LogP contribution in [-0.2, 0) is 28.7 Å². The van der Waals surface area contributed by atoms with Gasteiger partial charge in [0.05, 0.1) is 22.6 Å². The lowest BCUT2D eigenvalue weighted by atomic mass is 10.0. The Morgan fingerprint density at radius 3 is 2.40 bits per heavy atom. The molecule has 0 aliphatic carbocycles. The van der Waals surface area contributed by atoms with Crippen LogP contribution in [0, 0.1) is 11.6 Å². The lowest BCUT2D eigenvalue weighted by molar-refractivity contribution is -0.106. The molecule has 0 radical (unpaired) electrons. The first-order valence-corrected chi connectivity index (χ1v) is 12.1. The second-order valence-electron chi connectivity index (χ2n) is 8.21. The Morgan fingerprint density at radius 2 is 1.77 bits per heavy atom. The second kappa shape index (κ2) is 9.90. The molecule has 0 aliphatic rings. The molecule has 35 heavy (non-hydrogen) atoms. The van der Waals surface area contributed by atoms with Crippen LogP contribution < -0.4 is 9.46 Å². The van der Waals surface area contributed by atoms with Gasteiger partial charge in [0.25, 0.3) is 0 Å². The van der Waals surface area contributed by atoms with Gasteiger partial charge in [0.1, 0.15) is 18.1 Å². The zero-order chi connectivity index (χ0) is 26.0. The minimum atomic E-state index is -4.89. The summed E-state index contributed by atoms with van der Waals surface area (Å²) in [5.74, 6) is -3.93. The number of hydrogen-bond acceptors (Lipinski definition) is 5. The predicted molar refractivity (Wildman–Crippen MR) is 118 cm³/mol. The fraction of sp³-hybridized carbons (Fsp3) is 0.364. The summed E-state index contributed by atoms with van der Waals surface area (Å²) >= 11 is 0. The highest BCUT2D eigenvalue weighted by molar-refractivity contribution is 7.89. The Balaban J connectivity index is 1.84. The number of ether oxygens (including phenoxy) is 1. The first-order chi connectivity index (χ1) is 16.2. The normalized spacial score (nSPS) is 12.7. The summed E-state index contributed by atoms with van der Waals surface area (Å²) in [4.78, 5) is 4.46. The number of sulfonamides is 1. The number of hydrogen-bond donors (Lipinski definition) is 1. The molecule has 13 heteroatoms. The lowest BCUT2D eigenvalue weighted by Crippen LogP contribution is -2.45. The largest absolute Gasteiger partial charge is 0.487 e. The fourth-order valence-electron chi connectivity index (χ4n) is 3.33. The van der Waals surface area contributed by atoms with Crippen LogP contribution >= 0.6 is 0 Å². The van der Waals surface area contributed by atoms with Gasteiger partial charge in [-0.05, 0) is 51.1 Å². The van der Waals surface area contributed by atoms with E-state index in [9.17, 15) is 30.4 Å². The van der Waals surface area contributed by atoms with Crippen molar-refractivity contribution in [2.75, 3.05) is 5.75 Å².